The van der Waals surface area contributed by atoms with Gasteiger partial charge >= 0.3 is 0 Å². The lowest BCUT2D eigenvalue weighted by Gasteiger charge is -2.24. The Morgan fingerprint density at radius 2 is 1.71 bits per heavy atom. The highest BCUT2D eigenvalue weighted by molar-refractivity contribution is 6.12. The summed E-state index contributed by atoms with van der Waals surface area (Å²) in [6, 6.07) is 10.1. The van der Waals surface area contributed by atoms with E-state index in [2.05, 4.69) is 15.6 Å². The average molecular weight is 250 g/mol. The second kappa shape index (κ2) is 8.28. The van der Waals surface area contributed by atoms with Crippen LogP contribution >= 0.6 is 0 Å². The lowest BCUT2D eigenvalue weighted by molar-refractivity contribution is -0.136. The molecule has 0 aliphatic carbocycles. The van der Waals surface area contributed by atoms with Crippen LogP contribution in [0.5, 0.6) is 0 Å². The molecule has 0 spiro atoms. The van der Waals surface area contributed by atoms with Crippen molar-refractivity contribution in [3.8, 4) is 0 Å². The van der Waals surface area contributed by atoms with E-state index in [-0.39, 0.29) is 11.8 Å². The van der Waals surface area contributed by atoms with Gasteiger partial charge in [-0.2, -0.15) is 0 Å². The van der Waals surface area contributed by atoms with Crippen LogP contribution in [0.4, 0.5) is 5.69 Å². The first kappa shape index (κ1) is 14.2. The molecule has 0 saturated heterocycles. The van der Waals surface area contributed by atoms with Crippen molar-refractivity contribution < 1.29 is 9.47 Å². The van der Waals surface area contributed by atoms with E-state index in [0.29, 0.717) is 13.2 Å². The molecule has 1 N–H and O–H groups in total. The fourth-order valence-corrected chi connectivity index (χ4v) is 1.78. The summed E-state index contributed by atoms with van der Waals surface area (Å²) >= 11 is 0. The van der Waals surface area contributed by atoms with Crippen molar-refractivity contribution in [3.05, 3.63) is 30.3 Å². The fourth-order valence-electron chi connectivity index (χ4n) is 1.49. The van der Waals surface area contributed by atoms with Gasteiger partial charge in [-0.3, -0.25) is 0 Å². The summed E-state index contributed by atoms with van der Waals surface area (Å²) in [6.45, 7) is 5.99. The second-order valence-electron chi connectivity index (χ2n) is 3.63. The van der Waals surface area contributed by atoms with E-state index in [1.54, 1.807) is 0 Å². The van der Waals surface area contributed by atoms with Crippen LogP contribution < -0.4 is 5.32 Å². The highest BCUT2D eigenvalue weighted by atomic mass is 28.1. The van der Waals surface area contributed by atoms with Gasteiger partial charge in [-0.1, -0.05) is 18.2 Å². The van der Waals surface area contributed by atoms with Crippen LogP contribution in [0.25, 0.3) is 0 Å². The Labute approximate surface area is 107 Å². The molecule has 4 heteroatoms. The first-order valence-corrected chi connectivity index (χ1v) is 6.58. The molecule has 0 amide bonds. The highest BCUT2D eigenvalue weighted by Crippen LogP contribution is 2.14. The number of ether oxygens (including phenoxy) is 2. The van der Waals surface area contributed by atoms with E-state index in [9.17, 15) is 0 Å². The Morgan fingerprint density at radius 1 is 1.12 bits per heavy atom. The molecule has 1 unspecified atom stereocenters. The molecule has 0 aromatic heterocycles. The molecule has 1 aromatic carbocycles. The van der Waals surface area contributed by atoms with Gasteiger partial charge in [0.1, 0.15) is 0 Å². The molecular formula is C13H20NO2Si. The largest absolute Gasteiger partial charge is 0.385 e. The number of rotatable bonds is 8. The Balaban J connectivity index is 2.38. The fraction of sp³-hybridized carbons (Fsp3) is 0.538. The molecule has 1 rings (SSSR count). The lowest BCUT2D eigenvalue weighted by Crippen LogP contribution is -2.28. The molecule has 1 atom stereocenters. The summed E-state index contributed by atoms with van der Waals surface area (Å²) in [7, 11) is 3.65. The first-order valence-electron chi connectivity index (χ1n) is 6.01. The van der Waals surface area contributed by atoms with Gasteiger partial charge in [0.2, 0.25) is 0 Å². The van der Waals surface area contributed by atoms with Crippen molar-refractivity contribution in [3.63, 3.8) is 0 Å². The van der Waals surface area contributed by atoms with Crippen LogP contribution in [0.1, 0.15) is 13.8 Å². The smallest absolute Gasteiger partial charge is 0.158 e. The zero-order chi connectivity index (χ0) is 12.5. The number of benzene rings is 1. The van der Waals surface area contributed by atoms with Gasteiger partial charge in [0.25, 0.3) is 0 Å². The van der Waals surface area contributed by atoms with Gasteiger partial charge in [-0.15, -0.1) is 0 Å². The molecule has 3 nitrogen and oxygen atoms in total. The zero-order valence-electron chi connectivity index (χ0n) is 10.5. The van der Waals surface area contributed by atoms with Gasteiger partial charge in [-0.25, -0.2) is 0 Å². The van der Waals surface area contributed by atoms with Crippen LogP contribution in [0.2, 0.25) is 5.54 Å². The predicted octanol–water partition coefficient (Wildman–Crippen LogP) is 2.45. The van der Waals surface area contributed by atoms with Crippen LogP contribution in [0.3, 0.4) is 0 Å². The predicted molar refractivity (Wildman–Crippen MR) is 71.5 cm³/mol. The molecule has 0 bridgehead atoms. The van der Waals surface area contributed by atoms with Gasteiger partial charge in [0.15, 0.2) is 6.29 Å². The summed E-state index contributed by atoms with van der Waals surface area (Å²) in [5.41, 5.74) is 1.22. The minimum absolute atomic E-state index is 0.120. The first-order chi connectivity index (χ1) is 8.27. The number of hydrogen-bond donors (Lipinski definition) is 1. The van der Waals surface area contributed by atoms with E-state index in [1.165, 1.54) is 0 Å². The van der Waals surface area contributed by atoms with Crippen LogP contribution in [0, 0.1) is 0 Å². The van der Waals surface area contributed by atoms with Gasteiger partial charge < -0.3 is 14.8 Å². The second-order valence-corrected chi connectivity index (χ2v) is 4.37. The molecule has 0 saturated carbocycles. The summed E-state index contributed by atoms with van der Waals surface area (Å²) in [5, 5.41) is 3.33. The summed E-state index contributed by atoms with van der Waals surface area (Å²) in [6.07, 6.45) is -0.210. The normalized spacial score (nSPS) is 12.7. The minimum atomic E-state index is -0.210. The molecule has 0 aliphatic rings. The van der Waals surface area contributed by atoms with Crippen LogP contribution in [-0.4, -0.2) is 36.3 Å². The van der Waals surface area contributed by atoms with Crippen molar-refractivity contribution in [1.82, 2.24) is 0 Å². The third kappa shape index (κ3) is 5.34. The van der Waals surface area contributed by atoms with Gasteiger partial charge in [0.05, 0.1) is 0 Å². The van der Waals surface area contributed by atoms with Crippen molar-refractivity contribution in [2.45, 2.75) is 25.7 Å². The third-order valence-electron chi connectivity index (χ3n) is 2.29. The van der Waals surface area contributed by atoms with Crippen molar-refractivity contribution >= 4 is 15.9 Å². The Morgan fingerprint density at radius 3 is 2.24 bits per heavy atom. The van der Waals surface area contributed by atoms with E-state index in [1.807, 2.05) is 44.2 Å². The molecule has 0 aliphatic heterocycles. The zero-order valence-corrected chi connectivity index (χ0v) is 11.5. The van der Waals surface area contributed by atoms with Gasteiger partial charge in [0, 0.05) is 41.2 Å². The number of para-hydroxylation sites is 1. The molecule has 93 valence electrons. The van der Waals surface area contributed by atoms with E-state index < -0.39 is 0 Å². The maximum atomic E-state index is 5.52. The summed E-state index contributed by atoms with van der Waals surface area (Å²) in [4.78, 5) is 0. The van der Waals surface area contributed by atoms with Crippen LogP contribution in [-0.2, 0) is 9.47 Å². The lowest BCUT2D eigenvalue weighted by atomic mass is 10.3. The third-order valence-corrected chi connectivity index (χ3v) is 2.77. The maximum Gasteiger partial charge on any atom is 0.158 e. The van der Waals surface area contributed by atoms with E-state index >= 15 is 0 Å². The monoisotopic (exact) mass is 250 g/mol. The Hall–Kier alpha value is -0.843. The minimum Gasteiger partial charge on any atom is -0.385 e. The average Bonchev–Trinajstić information content (AvgIpc) is 2.37. The summed E-state index contributed by atoms with van der Waals surface area (Å²) in [5.74, 6) is 0. The topological polar surface area (TPSA) is 30.5 Å². The van der Waals surface area contributed by atoms with Crippen molar-refractivity contribution in [2.75, 3.05) is 25.1 Å². The molecular weight excluding hydrogens is 230 g/mol. The standard InChI is InChI=1S/C13H20NO2Si/c1-3-15-13(16-4-2)12(17)10-14-11-8-6-5-7-9-11/h5-9,12-14H,3-4,10H2,1-2H3. The Kier molecular flexibility index (Phi) is 6.92. The SMILES string of the molecule is CCOC(OCC)C([Si])CNc1ccccc1. The molecule has 1 aromatic rings. The van der Waals surface area contributed by atoms with Crippen molar-refractivity contribution in [1.29, 1.82) is 0 Å². The number of anilines is 1. The van der Waals surface area contributed by atoms with Crippen LogP contribution in [0.15, 0.2) is 30.3 Å². The molecule has 0 fully saturated rings. The van der Waals surface area contributed by atoms with Crippen molar-refractivity contribution in [2.24, 2.45) is 0 Å². The maximum absolute atomic E-state index is 5.52. The highest BCUT2D eigenvalue weighted by Gasteiger charge is 2.17. The molecule has 3 radical (unpaired) electrons. The molecule has 0 heterocycles. The Bertz CT molecular complexity index is 289. The van der Waals surface area contributed by atoms with E-state index in [0.717, 1.165) is 12.2 Å². The number of hydrogen-bond acceptors (Lipinski definition) is 3. The van der Waals surface area contributed by atoms with E-state index in [4.69, 9.17) is 9.47 Å². The molecule has 17 heavy (non-hydrogen) atoms. The summed E-state index contributed by atoms with van der Waals surface area (Å²) < 4.78 is 11.0. The quantitative estimate of drug-likeness (QED) is 0.568. The van der Waals surface area contributed by atoms with Gasteiger partial charge in [-0.05, 0) is 26.0 Å². The number of nitrogens with one attached hydrogen (secondary N) is 1.